The summed E-state index contributed by atoms with van der Waals surface area (Å²) in [5.41, 5.74) is 10.4. The van der Waals surface area contributed by atoms with Crippen molar-refractivity contribution in [1.82, 2.24) is 0 Å². The molecule has 60 valence electrons. The molecule has 0 bridgehead atoms. The van der Waals surface area contributed by atoms with Crippen LogP contribution in [-0.2, 0) is 4.79 Å². The van der Waals surface area contributed by atoms with Crippen molar-refractivity contribution >= 4 is 18.3 Å². The van der Waals surface area contributed by atoms with Crippen LogP contribution in [0.3, 0.4) is 0 Å². The lowest BCUT2D eigenvalue weighted by Crippen LogP contribution is -2.38. The van der Waals surface area contributed by atoms with Crippen LogP contribution in [0, 0.1) is 11.8 Å². The predicted molar refractivity (Wildman–Crippen MR) is 41.7 cm³/mol. The average molecular weight is 165 g/mol. The van der Waals surface area contributed by atoms with Crippen molar-refractivity contribution in [1.29, 1.82) is 0 Å². The van der Waals surface area contributed by atoms with Crippen LogP contribution >= 0.6 is 12.4 Å². The summed E-state index contributed by atoms with van der Waals surface area (Å²) in [5, 5.41) is 0. The second-order valence-electron chi connectivity index (χ2n) is 2.67. The number of carbonyl (C=O) groups excluding carboxylic acids is 1. The van der Waals surface area contributed by atoms with Crippen molar-refractivity contribution in [3.63, 3.8) is 0 Å². The molecule has 1 saturated carbocycles. The van der Waals surface area contributed by atoms with Gasteiger partial charge in [-0.3, -0.25) is 4.79 Å². The van der Waals surface area contributed by atoms with E-state index in [9.17, 15) is 4.79 Å². The fourth-order valence-corrected chi connectivity index (χ4v) is 1.16. The zero-order chi connectivity index (χ0) is 6.85. The fourth-order valence-electron chi connectivity index (χ4n) is 1.16. The van der Waals surface area contributed by atoms with Gasteiger partial charge in [-0.2, -0.15) is 0 Å². The van der Waals surface area contributed by atoms with E-state index < -0.39 is 0 Å². The van der Waals surface area contributed by atoms with Crippen molar-refractivity contribution in [2.24, 2.45) is 23.3 Å². The van der Waals surface area contributed by atoms with E-state index in [1.54, 1.807) is 0 Å². The number of primary amides is 1. The fraction of sp³-hybridized carbons (Fsp3) is 0.833. The minimum atomic E-state index is -0.167. The minimum absolute atomic E-state index is 0. The van der Waals surface area contributed by atoms with Gasteiger partial charge < -0.3 is 11.5 Å². The minimum Gasteiger partial charge on any atom is -0.369 e. The van der Waals surface area contributed by atoms with E-state index >= 15 is 0 Å². The normalized spacial score (nSPS) is 30.1. The number of hydrogen-bond donors (Lipinski definition) is 2. The van der Waals surface area contributed by atoms with Gasteiger partial charge in [0, 0.05) is 5.92 Å². The first kappa shape index (κ1) is 9.72. The third-order valence-electron chi connectivity index (χ3n) is 1.97. The Kier molecular flexibility index (Phi) is 3.68. The number of amides is 1. The number of nitrogens with two attached hydrogens (primary N) is 2. The second-order valence-corrected chi connectivity index (χ2v) is 2.67. The highest BCUT2D eigenvalue weighted by Gasteiger charge is 2.31. The standard InChI is InChI=1S/C6H12N2O.ClH/c7-3-4-1-5(2-4)6(8)9;/h4-5H,1-3,7H2,(H2,8,9);1H. The molecular formula is C6H13ClN2O. The molecule has 0 unspecified atom stereocenters. The van der Waals surface area contributed by atoms with Crippen molar-refractivity contribution in [3.8, 4) is 0 Å². The second kappa shape index (κ2) is 3.78. The van der Waals surface area contributed by atoms with Crippen LogP contribution in [0.2, 0.25) is 0 Å². The zero-order valence-corrected chi connectivity index (χ0v) is 6.56. The van der Waals surface area contributed by atoms with Gasteiger partial charge in [-0.05, 0) is 25.3 Å². The van der Waals surface area contributed by atoms with Gasteiger partial charge in [-0.1, -0.05) is 0 Å². The van der Waals surface area contributed by atoms with E-state index in [2.05, 4.69) is 0 Å². The van der Waals surface area contributed by atoms with Gasteiger partial charge in [0.1, 0.15) is 0 Å². The first-order valence-corrected chi connectivity index (χ1v) is 3.23. The summed E-state index contributed by atoms with van der Waals surface area (Å²) < 4.78 is 0. The molecule has 0 atom stereocenters. The molecule has 1 aliphatic rings. The molecule has 1 amide bonds. The van der Waals surface area contributed by atoms with Crippen molar-refractivity contribution < 1.29 is 4.79 Å². The molecule has 0 heterocycles. The zero-order valence-electron chi connectivity index (χ0n) is 5.75. The Labute approximate surface area is 66.6 Å². The Morgan fingerprint density at radius 1 is 1.50 bits per heavy atom. The third kappa shape index (κ3) is 1.85. The predicted octanol–water partition coefficient (Wildman–Crippen LogP) is -0.122. The molecule has 3 nitrogen and oxygen atoms in total. The van der Waals surface area contributed by atoms with Gasteiger partial charge in [0.25, 0.3) is 0 Å². The van der Waals surface area contributed by atoms with Crippen LogP contribution in [0.4, 0.5) is 0 Å². The lowest BCUT2D eigenvalue weighted by Gasteiger charge is -2.31. The van der Waals surface area contributed by atoms with E-state index in [1.807, 2.05) is 0 Å². The molecule has 0 aromatic heterocycles. The van der Waals surface area contributed by atoms with Gasteiger partial charge in [0.2, 0.25) is 5.91 Å². The first-order valence-electron chi connectivity index (χ1n) is 3.23. The molecule has 0 saturated heterocycles. The molecule has 0 aromatic carbocycles. The summed E-state index contributed by atoms with van der Waals surface area (Å²) in [6, 6.07) is 0. The summed E-state index contributed by atoms with van der Waals surface area (Å²) >= 11 is 0. The van der Waals surface area contributed by atoms with Crippen molar-refractivity contribution in [3.05, 3.63) is 0 Å². The number of halogens is 1. The van der Waals surface area contributed by atoms with E-state index in [1.165, 1.54) is 0 Å². The lowest BCUT2D eigenvalue weighted by atomic mass is 9.75. The molecule has 1 fully saturated rings. The Morgan fingerprint density at radius 3 is 2.30 bits per heavy atom. The molecule has 1 aliphatic carbocycles. The highest BCUT2D eigenvalue weighted by atomic mass is 35.5. The Bertz CT molecular complexity index is 123. The lowest BCUT2D eigenvalue weighted by molar-refractivity contribution is -0.125. The molecule has 1 rings (SSSR count). The van der Waals surface area contributed by atoms with Crippen LogP contribution in [0.25, 0.3) is 0 Å². The summed E-state index contributed by atoms with van der Waals surface area (Å²) in [5.74, 6) is 0.515. The van der Waals surface area contributed by atoms with Gasteiger partial charge in [0.05, 0.1) is 0 Å². The molecule has 4 heteroatoms. The number of hydrogen-bond acceptors (Lipinski definition) is 2. The molecule has 0 aromatic rings. The Hall–Kier alpha value is -0.280. The number of rotatable bonds is 2. The van der Waals surface area contributed by atoms with Crippen LogP contribution in [0.5, 0.6) is 0 Å². The van der Waals surface area contributed by atoms with Crippen LogP contribution < -0.4 is 11.5 Å². The maximum atomic E-state index is 10.4. The molecule has 0 aliphatic heterocycles. The molecular weight excluding hydrogens is 152 g/mol. The van der Waals surface area contributed by atoms with E-state index in [-0.39, 0.29) is 24.2 Å². The van der Waals surface area contributed by atoms with Crippen LogP contribution in [-0.4, -0.2) is 12.5 Å². The summed E-state index contributed by atoms with van der Waals surface area (Å²) in [4.78, 5) is 10.4. The third-order valence-corrected chi connectivity index (χ3v) is 1.97. The molecule has 0 spiro atoms. The number of carbonyl (C=O) groups is 1. The van der Waals surface area contributed by atoms with E-state index in [4.69, 9.17) is 11.5 Å². The van der Waals surface area contributed by atoms with Gasteiger partial charge >= 0.3 is 0 Å². The maximum absolute atomic E-state index is 10.4. The van der Waals surface area contributed by atoms with Crippen molar-refractivity contribution in [2.75, 3.05) is 6.54 Å². The van der Waals surface area contributed by atoms with E-state index in [0.29, 0.717) is 12.5 Å². The quantitative estimate of drug-likeness (QED) is 0.598. The SMILES string of the molecule is Cl.NCC1CC(C(N)=O)C1. The van der Waals surface area contributed by atoms with Crippen molar-refractivity contribution in [2.45, 2.75) is 12.8 Å². The Morgan fingerprint density at radius 2 is 2.00 bits per heavy atom. The summed E-state index contributed by atoms with van der Waals surface area (Å²) in [6.45, 7) is 0.698. The van der Waals surface area contributed by atoms with Crippen LogP contribution in [0.1, 0.15) is 12.8 Å². The highest BCUT2D eigenvalue weighted by Crippen LogP contribution is 2.31. The molecule has 10 heavy (non-hydrogen) atoms. The van der Waals surface area contributed by atoms with Gasteiger partial charge in [-0.15, -0.1) is 12.4 Å². The van der Waals surface area contributed by atoms with Gasteiger partial charge in [-0.25, -0.2) is 0 Å². The maximum Gasteiger partial charge on any atom is 0.220 e. The van der Waals surface area contributed by atoms with E-state index in [0.717, 1.165) is 12.8 Å². The first-order chi connectivity index (χ1) is 4.24. The smallest absolute Gasteiger partial charge is 0.220 e. The summed E-state index contributed by atoms with van der Waals surface area (Å²) in [6.07, 6.45) is 1.82. The highest BCUT2D eigenvalue weighted by molar-refractivity contribution is 5.85. The molecule has 4 N–H and O–H groups in total. The monoisotopic (exact) mass is 164 g/mol. The van der Waals surface area contributed by atoms with Crippen LogP contribution in [0.15, 0.2) is 0 Å². The Balaban J connectivity index is 0.000000810. The largest absolute Gasteiger partial charge is 0.369 e. The summed E-state index contributed by atoms with van der Waals surface area (Å²) in [7, 11) is 0. The topological polar surface area (TPSA) is 69.1 Å². The van der Waals surface area contributed by atoms with Gasteiger partial charge in [0.15, 0.2) is 0 Å². The molecule has 0 radical (unpaired) electrons. The average Bonchev–Trinajstić information content (AvgIpc) is 1.61.